The van der Waals surface area contributed by atoms with Crippen molar-refractivity contribution in [2.24, 2.45) is 5.92 Å². The molecule has 2 N–H and O–H groups in total. The smallest absolute Gasteiger partial charge is 0.0431 e. The SMILES string of the molecule is CC1CCCC(NC(C)CCCO)C1. The number of aliphatic hydroxyl groups excluding tert-OH is 1. The van der Waals surface area contributed by atoms with Crippen LogP contribution in [0.3, 0.4) is 0 Å². The molecule has 0 saturated heterocycles. The Bertz CT molecular complexity index is 149. The molecule has 0 spiro atoms. The number of nitrogens with one attached hydrogen (secondary N) is 1. The molecule has 0 aromatic rings. The lowest BCUT2D eigenvalue weighted by Crippen LogP contribution is -2.39. The average molecular weight is 199 g/mol. The van der Waals surface area contributed by atoms with Crippen molar-refractivity contribution in [1.29, 1.82) is 0 Å². The van der Waals surface area contributed by atoms with Crippen LogP contribution in [0, 0.1) is 5.92 Å². The number of aliphatic hydroxyl groups is 1. The fourth-order valence-corrected chi connectivity index (χ4v) is 2.47. The van der Waals surface area contributed by atoms with E-state index in [1.807, 2.05) is 0 Å². The second kappa shape index (κ2) is 6.41. The maximum atomic E-state index is 8.74. The van der Waals surface area contributed by atoms with Crippen LogP contribution in [0.25, 0.3) is 0 Å². The molecule has 0 aromatic heterocycles. The van der Waals surface area contributed by atoms with Gasteiger partial charge in [0.1, 0.15) is 0 Å². The Hall–Kier alpha value is -0.0800. The highest BCUT2D eigenvalue weighted by atomic mass is 16.2. The standard InChI is InChI=1S/C12H25NO/c1-10-5-3-7-12(9-10)13-11(2)6-4-8-14/h10-14H,3-9H2,1-2H3. The molecule has 0 heterocycles. The van der Waals surface area contributed by atoms with Crippen molar-refractivity contribution in [3.05, 3.63) is 0 Å². The van der Waals surface area contributed by atoms with Crippen molar-refractivity contribution in [2.45, 2.75) is 64.5 Å². The summed E-state index contributed by atoms with van der Waals surface area (Å²) in [6, 6.07) is 1.30. The average Bonchev–Trinajstić information content (AvgIpc) is 2.15. The van der Waals surface area contributed by atoms with Gasteiger partial charge in [0, 0.05) is 18.7 Å². The predicted octanol–water partition coefficient (Wildman–Crippen LogP) is 2.32. The van der Waals surface area contributed by atoms with Gasteiger partial charge in [0.05, 0.1) is 0 Å². The molecule has 1 saturated carbocycles. The summed E-state index contributed by atoms with van der Waals surface area (Å²) in [5.74, 6) is 0.895. The predicted molar refractivity (Wildman–Crippen MR) is 60.3 cm³/mol. The zero-order valence-corrected chi connectivity index (χ0v) is 9.63. The Morgan fingerprint density at radius 3 is 2.86 bits per heavy atom. The quantitative estimate of drug-likeness (QED) is 0.712. The van der Waals surface area contributed by atoms with Crippen LogP contribution >= 0.6 is 0 Å². The molecule has 3 atom stereocenters. The van der Waals surface area contributed by atoms with Crippen LogP contribution in [0.2, 0.25) is 0 Å². The number of hydrogen-bond donors (Lipinski definition) is 2. The van der Waals surface area contributed by atoms with Gasteiger partial charge in [-0.15, -0.1) is 0 Å². The Morgan fingerprint density at radius 2 is 2.21 bits per heavy atom. The molecule has 1 aliphatic rings. The van der Waals surface area contributed by atoms with Gasteiger partial charge in [-0.3, -0.25) is 0 Å². The Kier molecular flexibility index (Phi) is 5.49. The normalized spacial score (nSPS) is 30.2. The summed E-state index contributed by atoms with van der Waals surface area (Å²) in [5, 5.41) is 12.4. The molecule has 84 valence electrons. The lowest BCUT2D eigenvalue weighted by molar-refractivity contribution is 0.255. The van der Waals surface area contributed by atoms with Crippen LogP contribution in [0.1, 0.15) is 52.4 Å². The minimum Gasteiger partial charge on any atom is -0.396 e. The van der Waals surface area contributed by atoms with Gasteiger partial charge in [-0.25, -0.2) is 0 Å². The second-order valence-electron chi connectivity index (χ2n) is 4.90. The summed E-state index contributed by atoms with van der Waals surface area (Å²) < 4.78 is 0. The van der Waals surface area contributed by atoms with Crippen molar-refractivity contribution in [2.75, 3.05) is 6.61 Å². The molecular weight excluding hydrogens is 174 g/mol. The van der Waals surface area contributed by atoms with Crippen LogP contribution in [0.5, 0.6) is 0 Å². The first-order chi connectivity index (χ1) is 6.72. The summed E-state index contributed by atoms with van der Waals surface area (Å²) in [6.45, 7) is 4.91. The lowest BCUT2D eigenvalue weighted by Gasteiger charge is -2.30. The van der Waals surface area contributed by atoms with E-state index in [2.05, 4.69) is 19.2 Å². The minimum absolute atomic E-state index is 0.326. The Balaban J connectivity index is 2.15. The third-order valence-electron chi connectivity index (χ3n) is 3.25. The summed E-state index contributed by atoms with van der Waals surface area (Å²) in [4.78, 5) is 0. The van der Waals surface area contributed by atoms with E-state index in [1.165, 1.54) is 25.7 Å². The van der Waals surface area contributed by atoms with E-state index in [0.29, 0.717) is 12.6 Å². The first kappa shape index (κ1) is 12.0. The first-order valence-corrected chi connectivity index (χ1v) is 6.09. The van der Waals surface area contributed by atoms with Gasteiger partial charge in [-0.05, 0) is 38.5 Å². The molecule has 1 fully saturated rings. The van der Waals surface area contributed by atoms with Crippen molar-refractivity contribution in [3.8, 4) is 0 Å². The highest BCUT2D eigenvalue weighted by Crippen LogP contribution is 2.23. The lowest BCUT2D eigenvalue weighted by atomic mass is 9.86. The van der Waals surface area contributed by atoms with Gasteiger partial charge in [0.15, 0.2) is 0 Å². The van der Waals surface area contributed by atoms with Gasteiger partial charge >= 0.3 is 0 Å². The van der Waals surface area contributed by atoms with Gasteiger partial charge < -0.3 is 10.4 Å². The molecule has 1 aliphatic carbocycles. The largest absolute Gasteiger partial charge is 0.396 e. The van der Waals surface area contributed by atoms with Crippen LogP contribution in [0.4, 0.5) is 0 Å². The monoisotopic (exact) mass is 199 g/mol. The highest BCUT2D eigenvalue weighted by molar-refractivity contribution is 4.78. The zero-order chi connectivity index (χ0) is 10.4. The molecule has 2 heteroatoms. The van der Waals surface area contributed by atoms with Gasteiger partial charge in [0.25, 0.3) is 0 Å². The summed E-state index contributed by atoms with van der Waals surface area (Å²) >= 11 is 0. The number of rotatable bonds is 5. The van der Waals surface area contributed by atoms with Gasteiger partial charge in [-0.1, -0.05) is 19.8 Å². The molecule has 0 radical (unpaired) electrons. The zero-order valence-electron chi connectivity index (χ0n) is 9.63. The molecule has 0 aliphatic heterocycles. The van der Waals surface area contributed by atoms with E-state index in [4.69, 9.17) is 5.11 Å². The molecule has 2 nitrogen and oxygen atoms in total. The second-order valence-corrected chi connectivity index (χ2v) is 4.90. The van der Waals surface area contributed by atoms with Crippen LogP contribution in [-0.2, 0) is 0 Å². The molecule has 0 amide bonds. The molecule has 1 rings (SSSR count). The highest BCUT2D eigenvalue weighted by Gasteiger charge is 2.19. The first-order valence-electron chi connectivity index (χ1n) is 6.09. The van der Waals surface area contributed by atoms with Crippen molar-refractivity contribution in [1.82, 2.24) is 5.32 Å². The molecule has 14 heavy (non-hydrogen) atoms. The maximum Gasteiger partial charge on any atom is 0.0431 e. The van der Waals surface area contributed by atoms with E-state index in [1.54, 1.807) is 0 Å². The topological polar surface area (TPSA) is 32.3 Å². The van der Waals surface area contributed by atoms with E-state index < -0.39 is 0 Å². The van der Waals surface area contributed by atoms with Crippen LogP contribution in [0.15, 0.2) is 0 Å². The van der Waals surface area contributed by atoms with Gasteiger partial charge in [-0.2, -0.15) is 0 Å². The maximum absolute atomic E-state index is 8.74. The summed E-state index contributed by atoms with van der Waals surface area (Å²) in [7, 11) is 0. The van der Waals surface area contributed by atoms with E-state index >= 15 is 0 Å². The molecular formula is C12H25NO. The van der Waals surface area contributed by atoms with E-state index in [0.717, 1.165) is 24.8 Å². The fraction of sp³-hybridized carbons (Fsp3) is 1.00. The van der Waals surface area contributed by atoms with E-state index in [9.17, 15) is 0 Å². The summed E-state index contributed by atoms with van der Waals surface area (Å²) in [5.41, 5.74) is 0. The van der Waals surface area contributed by atoms with Crippen molar-refractivity contribution >= 4 is 0 Å². The van der Waals surface area contributed by atoms with E-state index in [-0.39, 0.29) is 0 Å². The van der Waals surface area contributed by atoms with Crippen molar-refractivity contribution in [3.63, 3.8) is 0 Å². The van der Waals surface area contributed by atoms with Crippen LogP contribution in [-0.4, -0.2) is 23.8 Å². The molecule has 3 unspecified atom stereocenters. The van der Waals surface area contributed by atoms with Crippen LogP contribution < -0.4 is 5.32 Å². The molecule has 0 aromatic carbocycles. The summed E-state index contributed by atoms with van der Waals surface area (Å²) in [6.07, 6.45) is 7.49. The third-order valence-corrected chi connectivity index (χ3v) is 3.25. The Labute approximate surface area is 88.1 Å². The number of hydrogen-bond acceptors (Lipinski definition) is 2. The van der Waals surface area contributed by atoms with Crippen molar-refractivity contribution < 1.29 is 5.11 Å². The molecule has 0 bridgehead atoms. The van der Waals surface area contributed by atoms with Gasteiger partial charge in [0.2, 0.25) is 0 Å². The fourth-order valence-electron chi connectivity index (χ4n) is 2.47. The minimum atomic E-state index is 0.326. The third kappa shape index (κ3) is 4.43. The Morgan fingerprint density at radius 1 is 1.43 bits per heavy atom.